The van der Waals surface area contributed by atoms with Gasteiger partial charge in [0, 0.05) is 24.0 Å². The van der Waals surface area contributed by atoms with E-state index >= 15 is 0 Å². The van der Waals surface area contributed by atoms with E-state index in [1.807, 2.05) is 33.8 Å². The third-order valence-corrected chi connectivity index (χ3v) is 6.84. The third-order valence-electron chi connectivity index (χ3n) is 5.76. The highest BCUT2D eigenvalue weighted by molar-refractivity contribution is 7.20. The van der Waals surface area contributed by atoms with Crippen LogP contribution in [-0.2, 0) is 17.6 Å². The van der Waals surface area contributed by atoms with Crippen molar-refractivity contribution in [3.05, 3.63) is 64.2 Å². The highest BCUT2D eigenvalue weighted by atomic mass is 32.1. The van der Waals surface area contributed by atoms with Crippen molar-refractivity contribution in [3.8, 4) is 0 Å². The first-order valence-electron chi connectivity index (χ1n) is 15.5. The lowest BCUT2D eigenvalue weighted by atomic mass is 9.95. The van der Waals surface area contributed by atoms with Crippen molar-refractivity contribution in [1.82, 2.24) is 10.3 Å². The highest BCUT2D eigenvalue weighted by Crippen LogP contribution is 2.30. The number of aromatic nitrogens is 1. The fraction of sp³-hybridized carbons (Fsp3) is 0.543. The second kappa shape index (κ2) is 19.8. The van der Waals surface area contributed by atoms with Crippen LogP contribution in [0.3, 0.4) is 0 Å². The monoisotopic (exact) mass is 612 g/mol. The molecule has 1 aliphatic carbocycles. The van der Waals surface area contributed by atoms with Gasteiger partial charge in [0.1, 0.15) is 10.4 Å². The minimum absolute atomic E-state index is 0.262. The Balaban J connectivity index is 0.000000322. The Morgan fingerprint density at radius 2 is 1.63 bits per heavy atom. The number of carbonyl (C=O) groups is 3. The van der Waals surface area contributed by atoms with Gasteiger partial charge >= 0.3 is 12.1 Å². The van der Waals surface area contributed by atoms with Gasteiger partial charge in [0.15, 0.2) is 5.78 Å². The Kier molecular flexibility index (Phi) is 17.4. The van der Waals surface area contributed by atoms with Crippen molar-refractivity contribution in [2.24, 2.45) is 5.92 Å². The van der Waals surface area contributed by atoms with Gasteiger partial charge in [-0.15, -0.1) is 11.3 Å². The van der Waals surface area contributed by atoms with Gasteiger partial charge in [0.05, 0.1) is 10.4 Å². The molecular weight excluding hydrogens is 560 g/mol. The SMILES string of the molecule is CC(C)C.CCCC(=O)c1cc2cc3c(nc2s1)CCCC3.CCCCNC(=O)OC(C)(C)C.O=C(O)c1ccccc1. The number of ether oxygens (including phenoxy) is 1. The molecule has 1 aliphatic rings. The summed E-state index contributed by atoms with van der Waals surface area (Å²) in [5, 5.41) is 12.2. The Hall–Kier alpha value is -3.26. The molecule has 0 saturated carbocycles. The number of carboxylic acids is 1. The molecule has 7 nitrogen and oxygen atoms in total. The molecule has 2 aromatic heterocycles. The number of aryl methyl sites for hydroxylation is 2. The average molecular weight is 613 g/mol. The van der Waals surface area contributed by atoms with Crippen LogP contribution in [0.15, 0.2) is 42.5 Å². The van der Waals surface area contributed by atoms with Crippen LogP contribution in [0.4, 0.5) is 4.79 Å². The van der Waals surface area contributed by atoms with Crippen LogP contribution in [0.2, 0.25) is 0 Å². The molecule has 43 heavy (non-hydrogen) atoms. The molecule has 0 spiro atoms. The zero-order valence-electron chi connectivity index (χ0n) is 27.4. The van der Waals surface area contributed by atoms with E-state index < -0.39 is 11.6 Å². The minimum Gasteiger partial charge on any atom is -0.478 e. The number of nitrogens with zero attached hydrogens (tertiary/aromatic N) is 1. The van der Waals surface area contributed by atoms with E-state index in [1.54, 1.807) is 41.7 Å². The molecule has 4 rings (SSSR count). The molecule has 2 heterocycles. The average Bonchev–Trinajstić information content (AvgIpc) is 3.35. The van der Waals surface area contributed by atoms with Crippen LogP contribution in [-0.4, -0.2) is 40.1 Å². The fourth-order valence-electron chi connectivity index (χ4n) is 3.84. The summed E-state index contributed by atoms with van der Waals surface area (Å²) in [6, 6.07) is 12.6. The van der Waals surface area contributed by atoms with Crippen molar-refractivity contribution in [2.45, 2.75) is 112 Å². The Morgan fingerprint density at radius 3 is 2.16 bits per heavy atom. The van der Waals surface area contributed by atoms with Gasteiger partial charge in [-0.25, -0.2) is 14.6 Å². The summed E-state index contributed by atoms with van der Waals surface area (Å²) >= 11 is 1.56. The summed E-state index contributed by atoms with van der Waals surface area (Å²) in [6.45, 7) is 16.9. The fourth-order valence-corrected chi connectivity index (χ4v) is 4.84. The van der Waals surface area contributed by atoms with Gasteiger partial charge in [0.25, 0.3) is 0 Å². The van der Waals surface area contributed by atoms with E-state index in [1.165, 1.54) is 24.1 Å². The van der Waals surface area contributed by atoms with E-state index in [0.29, 0.717) is 18.5 Å². The van der Waals surface area contributed by atoms with Crippen molar-refractivity contribution in [3.63, 3.8) is 0 Å². The predicted octanol–water partition coefficient (Wildman–Crippen LogP) is 9.52. The molecule has 0 saturated heterocycles. The number of Topliss-reactive ketones (excluding diaryl/α,β-unsaturated/α-hetero) is 1. The lowest BCUT2D eigenvalue weighted by molar-refractivity contribution is 0.0526. The quantitative estimate of drug-likeness (QED) is 0.203. The number of rotatable bonds is 7. The Morgan fingerprint density at radius 1 is 1.00 bits per heavy atom. The summed E-state index contributed by atoms with van der Waals surface area (Å²) in [5.41, 5.74) is 2.58. The summed E-state index contributed by atoms with van der Waals surface area (Å²) in [6.07, 6.45) is 8.08. The molecule has 3 aromatic rings. The first-order chi connectivity index (χ1) is 20.3. The molecule has 2 N–H and O–H groups in total. The maximum absolute atomic E-state index is 11.9. The van der Waals surface area contributed by atoms with E-state index in [4.69, 9.17) is 14.8 Å². The van der Waals surface area contributed by atoms with Gasteiger partial charge in [-0.05, 0) is 95.0 Å². The molecule has 0 atom stereocenters. The van der Waals surface area contributed by atoms with E-state index in [2.05, 4.69) is 39.1 Å². The van der Waals surface area contributed by atoms with Gasteiger partial charge in [-0.2, -0.15) is 0 Å². The predicted molar refractivity (Wildman–Crippen MR) is 179 cm³/mol. The van der Waals surface area contributed by atoms with Gasteiger partial charge in [0.2, 0.25) is 0 Å². The van der Waals surface area contributed by atoms with E-state index in [9.17, 15) is 14.4 Å². The van der Waals surface area contributed by atoms with Crippen LogP contribution in [0.1, 0.15) is 125 Å². The van der Waals surface area contributed by atoms with Crippen molar-refractivity contribution in [1.29, 1.82) is 0 Å². The maximum atomic E-state index is 11.9. The molecule has 0 fully saturated rings. The molecule has 8 heteroatoms. The summed E-state index contributed by atoms with van der Waals surface area (Å²) in [5.74, 6) is 0.217. The molecule has 0 unspecified atom stereocenters. The van der Waals surface area contributed by atoms with E-state index in [-0.39, 0.29) is 11.9 Å². The molecule has 1 amide bonds. The number of alkyl carbamates (subject to hydrolysis) is 1. The standard InChI is InChI=1S/C15H17NOS.C9H19NO2.C7H6O2.C4H10/c1-2-5-13(17)14-9-11-8-10-6-3-4-7-12(10)16-15(11)18-14;1-5-6-7-10-8(11)12-9(2,3)4;8-7(9)6-4-2-1-3-5-6;1-4(2)3/h8-9H,2-7H2,1H3;5-7H2,1-4H3,(H,10,11);1-5H,(H,8,9);4H,1-3H3. The smallest absolute Gasteiger partial charge is 0.407 e. The molecule has 0 bridgehead atoms. The number of benzene rings is 1. The molecule has 238 valence electrons. The second-order valence-electron chi connectivity index (χ2n) is 12.2. The van der Waals surface area contributed by atoms with Crippen LogP contribution in [0.25, 0.3) is 10.2 Å². The van der Waals surface area contributed by atoms with Crippen LogP contribution >= 0.6 is 11.3 Å². The second-order valence-corrected chi connectivity index (χ2v) is 13.2. The maximum Gasteiger partial charge on any atom is 0.407 e. The number of nitrogens with one attached hydrogen (secondary N) is 1. The van der Waals surface area contributed by atoms with Crippen LogP contribution in [0.5, 0.6) is 0 Å². The number of unbranched alkanes of at least 4 members (excludes halogenated alkanes) is 1. The number of aromatic carboxylic acids is 1. The number of hydrogen-bond donors (Lipinski definition) is 2. The molecule has 1 aromatic carbocycles. The lowest BCUT2D eigenvalue weighted by Gasteiger charge is -2.19. The van der Waals surface area contributed by atoms with Gasteiger partial charge in [-0.3, -0.25) is 4.79 Å². The topological polar surface area (TPSA) is 106 Å². The van der Waals surface area contributed by atoms with E-state index in [0.717, 1.165) is 53.1 Å². The Bertz CT molecular complexity index is 1220. The molecule has 0 aliphatic heterocycles. The number of fused-ring (bicyclic) bond motifs is 2. The van der Waals surface area contributed by atoms with Crippen molar-refractivity contribution < 1.29 is 24.2 Å². The third kappa shape index (κ3) is 16.2. The summed E-state index contributed by atoms with van der Waals surface area (Å²) < 4.78 is 5.03. The zero-order chi connectivity index (χ0) is 32.4. The number of thiophene rings is 1. The summed E-state index contributed by atoms with van der Waals surface area (Å²) in [7, 11) is 0. The minimum atomic E-state index is -0.879. The van der Waals surface area contributed by atoms with Gasteiger partial charge < -0.3 is 15.2 Å². The zero-order valence-corrected chi connectivity index (χ0v) is 28.2. The number of pyridine rings is 1. The Labute approximate surface area is 262 Å². The number of hydrogen-bond acceptors (Lipinski definition) is 6. The molecular formula is C35H52N2O5S. The van der Waals surface area contributed by atoms with Crippen LogP contribution in [0, 0.1) is 5.92 Å². The normalized spacial score (nSPS) is 11.9. The van der Waals surface area contributed by atoms with Crippen molar-refractivity contribution >= 4 is 39.4 Å². The largest absolute Gasteiger partial charge is 0.478 e. The van der Waals surface area contributed by atoms with Gasteiger partial charge in [-0.1, -0.05) is 59.2 Å². The van der Waals surface area contributed by atoms with Crippen molar-refractivity contribution in [2.75, 3.05) is 6.54 Å². The first kappa shape index (κ1) is 37.8. The number of carbonyl (C=O) groups excluding carboxylic acids is 2. The highest BCUT2D eigenvalue weighted by Gasteiger charge is 2.16. The number of ketones is 1. The first-order valence-corrected chi connectivity index (χ1v) is 16.3. The van der Waals surface area contributed by atoms with Crippen LogP contribution < -0.4 is 5.32 Å². The summed E-state index contributed by atoms with van der Waals surface area (Å²) in [4.78, 5) is 39.8. The number of amides is 1. The molecule has 0 radical (unpaired) electrons. The number of carboxylic acid groups (broad SMARTS) is 1. The lowest BCUT2D eigenvalue weighted by Crippen LogP contribution is -2.32.